The Morgan fingerprint density at radius 1 is 0.944 bits per heavy atom. The van der Waals surface area contributed by atoms with E-state index in [4.69, 9.17) is 0 Å². The topological polar surface area (TPSA) is 12.0 Å². The summed E-state index contributed by atoms with van der Waals surface area (Å²) < 4.78 is 0. The second-order valence-corrected chi connectivity index (χ2v) is 8.61. The summed E-state index contributed by atoms with van der Waals surface area (Å²) in [6.45, 7) is 12.2. The fraction of sp³-hybridized carbons (Fsp3) is 1.00. The minimum Gasteiger partial charge on any atom is -0.311 e. The Labute approximate surface area is 114 Å². The molecule has 0 amide bonds. The maximum atomic E-state index is 3.97. The van der Waals surface area contributed by atoms with E-state index in [0.717, 1.165) is 18.0 Å². The minimum absolute atomic E-state index is 0.509. The smallest absolute Gasteiger partial charge is 0.00798 e. The van der Waals surface area contributed by atoms with Crippen molar-refractivity contribution in [2.45, 2.75) is 91.6 Å². The van der Waals surface area contributed by atoms with Crippen LogP contribution < -0.4 is 5.32 Å². The van der Waals surface area contributed by atoms with Crippen LogP contribution in [0.25, 0.3) is 0 Å². The molecule has 1 atom stereocenters. The highest BCUT2D eigenvalue weighted by Gasteiger charge is 2.39. The molecular weight excluding hydrogens is 218 g/mol. The van der Waals surface area contributed by atoms with Gasteiger partial charge in [-0.05, 0) is 55.8 Å². The SMILES string of the molecule is CC(NC1CC(C)(C)CC(C)(C)C1)C1CCCC1. The first-order chi connectivity index (χ1) is 8.27. The van der Waals surface area contributed by atoms with Gasteiger partial charge in [0.25, 0.3) is 0 Å². The monoisotopic (exact) mass is 251 g/mol. The molecule has 0 spiro atoms. The molecule has 18 heavy (non-hydrogen) atoms. The molecule has 0 aromatic rings. The highest BCUT2D eigenvalue weighted by molar-refractivity contribution is 4.93. The largest absolute Gasteiger partial charge is 0.311 e. The molecule has 2 rings (SSSR count). The van der Waals surface area contributed by atoms with Crippen LogP contribution in [0.1, 0.15) is 79.6 Å². The third kappa shape index (κ3) is 3.73. The van der Waals surface area contributed by atoms with Gasteiger partial charge in [0, 0.05) is 12.1 Å². The van der Waals surface area contributed by atoms with Gasteiger partial charge < -0.3 is 5.32 Å². The number of nitrogens with one attached hydrogen (secondary N) is 1. The van der Waals surface area contributed by atoms with Gasteiger partial charge in [-0.1, -0.05) is 40.5 Å². The lowest BCUT2D eigenvalue weighted by Crippen LogP contribution is -2.48. The van der Waals surface area contributed by atoms with Gasteiger partial charge in [-0.3, -0.25) is 0 Å². The van der Waals surface area contributed by atoms with Crippen LogP contribution in [0, 0.1) is 16.7 Å². The quantitative estimate of drug-likeness (QED) is 0.762. The Hall–Kier alpha value is -0.0400. The summed E-state index contributed by atoms with van der Waals surface area (Å²) in [6, 6.07) is 1.46. The first kappa shape index (κ1) is 14.4. The van der Waals surface area contributed by atoms with Crippen molar-refractivity contribution >= 4 is 0 Å². The first-order valence-electron chi connectivity index (χ1n) is 8.04. The molecule has 0 radical (unpaired) electrons. The number of hydrogen-bond acceptors (Lipinski definition) is 1. The van der Waals surface area contributed by atoms with Crippen molar-refractivity contribution in [3.05, 3.63) is 0 Å². The van der Waals surface area contributed by atoms with E-state index in [1.165, 1.54) is 44.9 Å². The highest BCUT2D eigenvalue weighted by atomic mass is 15.0. The summed E-state index contributed by atoms with van der Waals surface area (Å²) >= 11 is 0. The van der Waals surface area contributed by atoms with Crippen LogP contribution in [0.4, 0.5) is 0 Å². The van der Waals surface area contributed by atoms with Crippen molar-refractivity contribution in [2.24, 2.45) is 16.7 Å². The summed E-state index contributed by atoms with van der Waals surface area (Å²) in [5, 5.41) is 3.97. The summed E-state index contributed by atoms with van der Waals surface area (Å²) in [4.78, 5) is 0. The lowest BCUT2D eigenvalue weighted by Gasteiger charge is -2.46. The van der Waals surface area contributed by atoms with E-state index in [1.54, 1.807) is 0 Å². The molecule has 2 fully saturated rings. The molecular formula is C17H33N. The minimum atomic E-state index is 0.509. The van der Waals surface area contributed by atoms with Crippen molar-refractivity contribution in [1.29, 1.82) is 0 Å². The molecule has 106 valence electrons. The van der Waals surface area contributed by atoms with Crippen LogP contribution in [0.15, 0.2) is 0 Å². The Morgan fingerprint density at radius 3 is 1.94 bits per heavy atom. The van der Waals surface area contributed by atoms with Gasteiger partial charge in [0.1, 0.15) is 0 Å². The van der Waals surface area contributed by atoms with Crippen LogP contribution in [-0.2, 0) is 0 Å². The Balaban J connectivity index is 1.91. The van der Waals surface area contributed by atoms with Gasteiger partial charge in [-0.15, -0.1) is 0 Å². The predicted octanol–water partition coefficient (Wildman–Crippen LogP) is 4.76. The number of hydrogen-bond donors (Lipinski definition) is 1. The Kier molecular flexibility index (Phi) is 4.11. The predicted molar refractivity (Wildman–Crippen MR) is 79.8 cm³/mol. The summed E-state index contributed by atoms with van der Waals surface area (Å²) in [5.74, 6) is 0.943. The second-order valence-electron chi connectivity index (χ2n) is 8.61. The zero-order chi connectivity index (χ0) is 13.4. The fourth-order valence-corrected chi connectivity index (χ4v) is 4.93. The maximum absolute atomic E-state index is 3.97. The lowest BCUT2D eigenvalue weighted by molar-refractivity contribution is 0.0775. The fourth-order valence-electron chi connectivity index (χ4n) is 4.93. The Morgan fingerprint density at radius 2 is 1.44 bits per heavy atom. The lowest BCUT2D eigenvalue weighted by atomic mass is 9.63. The van der Waals surface area contributed by atoms with Crippen LogP contribution >= 0.6 is 0 Å². The van der Waals surface area contributed by atoms with Crippen molar-refractivity contribution in [3.63, 3.8) is 0 Å². The maximum Gasteiger partial charge on any atom is 0.00798 e. The van der Waals surface area contributed by atoms with Crippen molar-refractivity contribution in [3.8, 4) is 0 Å². The average molecular weight is 251 g/mol. The van der Waals surface area contributed by atoms with Crippen LogP contribution in [0.3, 0.4) is 0 Å². The highest BCUT2D eigenvalue weighted by Crippen LogP contribution is 2.46. The normalized spacial score (nSPS) is 30.5. The molecule has 1 N–H and O–H groups in total. The third-order valence-corrected chi connectivity index (χ3v) is 5.16. The average Bonchev–Trinajstić information content (AvgIpc) is 2.63. The standard InChI is InChI=1S/C17H33N/c1-13(14-8-6-7-9-14)18-15-10-16(2,3)12-17(4,5)11-15/h13-15,18H,6-12H2,1-5H3. The van der Waals surface area contributed by atoms with Crippen LogP contribution in [0.2, 0.25) is 0 Å². The zero-order valence-corrected chi connectivity index (χ0v) is 13.2. The molecule has 0 aromatic carbocycles. The molecule has 0 heterocycles. The van der Waals surface area contributed by atoms with Gasteiger partial charge in [0.05, 0.1) is 0 Å². The van der Waals surface area contributed by atoms with Gasteiger partial charge >= 0.3 is 0 Å². The summed E-state index contributed by atoms with van der Waals surface area (Å²) in [7, 11) is 0. The van der Waals surface area contributed by atoms with E-state index in [0.29, 0.717) is 10.8 Å². The van der Waals surface area contributed by atoms with E-state index in [-0.39, 0.29) is 0 Å². The summed E-state index contributed by atoms with van der Waals surface area (Å²) in [5.41, 5.74) is 1.02. The summed E-state index contributed by atoms with van der Waals surface area (Å²) in [6.07, 6.45) is 9.90. The molecule has 1 nitrogen and oxygen atoms in total. The van der Waals surface area contributed by atoms with Gasteiger partial charge in [0.2, 0.25) is 0 Å². The molecule has 2 saturated carbocycles. The van der Waals surface area contributed by atoms with Gasteiger partial charge in [0.15, 0.2) is 0 Å². The van der Waals surface area contributed by atoms with E-state index in [9.17, 15) is 0 Å². The van der Waals surface area contributed by atoms with Gasteiger partial charge in [-0.25, -0.2) is 0 Å². The van der Waals surface area contributed by atoms with Crippen molar-refractivity contribution in [1.82, 2.24) is 5.32 Å². The van der Waals surface area contributed by atoms with E-state index < -0.39 is 0 Å². The van der Waals surface area contributed by atoms with Gasteiger partial charge in [-0.2, -0.15) is 0 Å². The van der Waals surface area contributed by atoms with E-state index >= 15 is 0 Å². The molecule has 0 aromatic heterocycles. The van der Waals surface area contributed by atoms with Crippen molar-refractivity contribution in [2.75, 3.05) is 0 Å². The molecule has 0 aliphatic heterocycles. The second kappa shape index (κ2) is 5.15. The Bertz CT molecular complexity index is 257. The van der Waals surface area contributed by atoms with Crippen LogP contribution in [0.5, 0.6) is 0 Å². The number of rotatable bonds is 3. The first-order valence-corrected chi connectivity index (χ1v) is 8.04. The van der Waals surface area contributed by atoms with Crippen LogP contribution in [-0.4, -0.2) is 12.1 Å². The molecule has 2 aliphatic carbocycles. The zero-order valence-electron chi connectivity index (χ0n) is 13.2. The van der Waals surface area contributed by atoms with Crippen molar-refractivity contribution < 1.29 is 0 Å². The molecule has 1 heteroatoms. The molecule has 2 aliphatic rings. The van der Waals surface area contributed by atoms with E-state index in [2.05, 4.69) is 39.9 Å². The third-order valence-electron chi connectivity index (χ3n) is 5.16. The molecule has 1 unspecified atom stereocenters. The van der Waals surface area contributed by atoms with E-state index in [1.807, 2.05) is 0 Å². The molecule has 0 bridgehead atoms. The molecule has 0 saturated heterocycles.